The van der Waals surface area contributed by atoms with Gasteiger partial charge in [0.05, 0.1) is 13.2 Å². The van der Waals surface area contributed by atoms with Crippen LogP contribution in [0.1, 0.15) is 58.8 Å². The Hall–Kier alpha value is -0.610. The molecule has 0 amide bonds. The van der Waals surface area contributed by atoms with Crippen molar-refractivity contribution in [2.45, 2.75) is 70.4 Å². The molecule has 4 heteroatoms. The minimum Gasteiger partial charge on any atom is -0.468 e. The molecule has 2 atom stereocenters. The van der Waals surface area contributed by atoms with E-state index in [1.807, 2.05) is 0 Å². The summed E-state index contributed by atoms with van der Waals surface area (Å²) in [5.41, 5.74) is -0.185. The lowest BCUT2D eigenvalue weighted by atomic mass is 9.83. The second kappa shape index (κ2) is 6.44. The number of hydrogen-bond acceptors (Lipinski definition) is 4. The third-order valence-electron chi connectivity index (χ3n) is 4.95. The van der Waals surface area contributed by atoms with Gasteiger partial charge >= 0.3 is 5.97 Å². The summed E-state index contributed by atoms with van der Waals surface area (Å²) in [6.07, 6.45) is 7.51. The quantitative estimate of drug-likeness (QED) is 0.636. The minimum absolute atomic E-state index is 0.104. The van der Waals surface area contributed by atoms with Crippen molar-refractivity contribution < 1.29 is 14.3 Å². The molecule has 1 aliphatic carbocycles. The maximum atomic E-state index is 12.3. The number of methoxy groups -OCH3 is 1. The molecule has 0 bridgehead atoms. The Bertz CT molecular complexity index is 337. The van der Waals surface area contributed by atoms with E-state index in [0.29, 0.717) is 5.41 Å². The summed E-state index contributed by atoms with van der Waals surface area (Å²) in [6, 6.07) is 0. The molecule has 20 heavy (non-hydrogen) atoms. The fraction of sp³-hybridized carbons (Fsp3) is 0.938. The van der Waals surface area contributed by atoms with Crippen LogP contribution in [0.5, 0.6) is 0 Å². The third-order valence-corrected chi connectivity index (χ3v) is 4.95. The molecule has 1 saturated heterocycles. The fourth-order valence-electron chi connectivity index (χ4n) is 3.43. The first-order valence-electron chi connectivity index (χ1n) is 7.93. The smallest absolute Gasteiger partial charge is 0.326 e. The molecular weight excluding hydrogens is 254 g/mol. The van der Waals surface area contributed by atoms with Crippen molar-refractivity contribution in [3.63, 3.8) is 0 Å². The zero-order chi connectivity index (χ0) is 14.6. The van der Waals surface area contributed by atoms with Crippen LogP contribution in [0.2, 0.25) is 0 Å². The summed E-state index contributed by atoms with van der Waals surface area (Å²) in [5.74, 6) is -0.104. The van der Waals surface area contributed by atoms with Gasteiger partial charge in [0.1, 0.15) is 5.54 Å². The monoisotopic (exact) mass is 283 g/mol. The number of hydrogen-bond donors (Lipinski definition) is 1. The van der Waals surface area contributed by atoms with Crippen molar-refractivity contribution in [2.24, 2.45) is 5.41 Å². The van der Waals surface area contributed by atoms with E-state index < -0.39 is 5.54 Å². The van der Waals surface area contributed by atoms with E-state index in [1.165, 1.54) is 13.5 Å². The van der Waals surface area contributed by atoms with Crippen LogP contribution in [-0.4, -0.2) is 37.9 Å². The van der Waals surface area contributed by atoms with Gasteiger partial charge in [-0.2, -0.15) is 0 Å². The maximum absolute atomic E-state index is 12.3. The summed E-state index contributed by atoms with van der Waals surface area (Å²) in [6.45, 7) is 6.20. The van der Waals surface area contributed by atoms with Gasteiger partial charge in [-0.15, -0.1) is 0 Å². The van der Waals surface area contributed by atoms with Crippen LogP contribution in [0.4, 0.5) is 0 Å². The van der Waals surface area contributed by atoms with Gasteiger partial charge < -0.3 is 9.47 Å². The average Bonchev–Trinajstić information content (AvgIpc) is 2.88. The Morgan fingerprint density at radius 3 is 2.70 bits per heavy atom. The van der Waals surface area contributed by atoms with Crippen LogP contribution in [0.3, 0.4) is 0 Å². The number of nitrogens with one attached hydrogen (secondary N) is 1. The van der Waals surface area contributed by atoms with Gasteiger partial charge in [0.25, 0.3) is 0 Å². The van der Waals surface area contributed by atoms with Gasteiger partial charge in [0, 0.05) is 13.2 Å². The lowest BCUT2D eigenvalue weighted by Gasteiger charge is -2.32. The van der Waals surface area contributed by atoms with Crippen LogP contribution in [-0.2, 0) is 14.3 Å². The molecule has 0 radical (unpaired) electrons. The highest BCUT2D eigenvalue weighted by atomic mass is 16.5. The minimum atomic E-state index is -0.505. The van der Waals surface area contributed by atoms with Crippen molar-refractivity contribution in [1.29, 1.82) is 0 Å². The van der Waals surface area contributed by atoms with Crippen LogP contribution in [0.15, 0.2) is 0 Å². The molecule has 2 rings (SSSR count). The van der Waals surface area contributed by atoms with E-state index >= 15 is 0 Å². The third kappa shape index (κ3) is 3.73. The van der Waals surface area contributed by atoms with E-state index in [4.69, 9.17) is 9.47 Å². The molecule has 116 valence electrons. The van der Waals surface area contributed by atoms with E-state index in [1.54, 1.807) is 0 Å². The first-order valence-corrected chi connectivity index (χ1v) is 7.93. The van der Waals surface area contributed by atoms with Crippen molar-refractivity contribution in [1.82, 2.24) is 5.32 Å². The Morgan fingerprint density at radius 1 is 1.25 bits per heavy atom. The fourth-order valence-corrected chi connectivity index (χ4v) is 3.43. The highest BCUT2D eigenvalue weighted by molar-refractivity contribution is 5.80. The molecule has 2 fully saturated rings. The highest BCUT2D eigenvalue weighted by Crippen LogP contribution is 2.38. The van der Waals surface area contributed by atoms with E-state index in [9.17, 15) is 4.79 Å². The molecule has 2 aliphatic rings. The molecule has 1 heterocycles. The molecule has 0 spiro atoms. The standard InChI is InChI=1S/C16H29NO3/c1-15(2)7-5-8-16(10-9-15,14(18)19-3)17-12-13-6-4-11-20-13/h13,17H,4-12H2,1-3H3. The van der Waals surface area contributed by atoms with Crippen molar-refractivity contribution in [3.8, 4) is 0 Å². The van der Waals surface area contributed by atoms with Crippen molar-refractivity contribution in [3.05, 3.63) is 0 Å². The van der Waals surface area contributed by atoms with Crippen LogP contribution < -0.4 is 5.32 Å². The van der Waals surface area contributed by atoms with Gasteiger partial charge in [-0.1, -0.05) is 20.3 Å². The molecule has 1 N–H and O–H groups in total. The highest BCUT2D eigenvalue weighted by Gasteiger charge is 2.42. The number of ether oxygens (including phenoxy) is 2. The van der Waals surface area contributed by atoms with Gasteiger partial charge in [-0.25, -0.2) is 0 Å². The van der Waals surface area contributed by atoms with Crippen molar-refractivity contribution in [2.75, 3.05) is 20.3 Å². The predicted molar refractivity (Wildman–Crippen MR) is 78.6 cm³/mol. The molecule has 4 nitrogen and oxygen atoms in total. The zero-order valence-corrected chi connectivity index (χ0v) is 13.2. The van der Waals surface area contributed by atoms with Crippen LogP contribution in [0, 0.1) is 5.41 Å². The Balaban J connectivity index is 2.02. The lowest BCUT2D eigenvalue weighted by Crippen LogP contribution is -2.54. The summed E-state index contributed by atoms with van der Waals surface area (Å²) in [5, 5.41) is 3.51. The summed E-state index contributed by atoms with van der Waals surface area (Å²) >= 11 is 0. The first-order chi connectivity index (χ1) is 9.47. The van der Waals surface area contributed by atoms with Crippen molar-refractivity contribution >= 4 is 5.97 Å². The van der Waals surface area contributed by atoms with Crippen LogP contribution >= 0.6 is 0 Å². The summed E-state index contributed by atoms with van der Waals surface area (Å²) in [7, 11) is 1.49. The zero-order valence-electron chi connectivity index (χ0n) is 13.2. The van der Waals surface area contributed by atoms with Gasteiger partial charge in [0.15, 0.2) is 0 Å². The Labute approximate surface area is 122 Å². The van der Waals surface area contributed by atoms with E-state index in [0.717, 1.165) is 51.7 Å². The number of carbonyl (C=O) groups excluding carboxylic acids is 1. The Morgan fingerprint density at radius 2 is 2.05 bits per heavy atom. The molecule has 2 unspecified atom stereocenters. The Kier molecular flexibility index (Phi) is 5.08. The van der Waals surface area contributed by atoms with Gasteiger partial charge in [0.2, 0.25) is 0 Å². The lowest BCUT2D eigenvalue weighted by molar-refractivity contribution is -0.149. The topological polar surface area (TPSA) is 47.6 Å². The second-order valence-corrected chi connectivity index (χ2v) is 7.11. The summed E-state index contributed by atoms with van der Waals surface area (Å²) in [4.78, 5) is 12.3. The number of rotatable bonds is 4. The van der Waals surface area contributed by atoms with Gasteiger partial charge in [-0.05, 0) is 43.9 Å². The van der Waals surface area contributed by atoms with E-state index in [-0.39, 0.29) is 12.1 Å². The molecule has 0 aromatic rings. The molecule has 1 saturated carbocycles. The second-order valence-electron chi connectivity index (χ2n) is 7.11. The molecule has 0 aromatic carbocycles. The summed E-state index contributed by atoms with van der Waals surface area (Å²) < 4.78 is 10.7. The van der Waals surface area contributed by atoms with E-state index in [2.05, 4.69) is 19.2 Å². The number of carbonyl (C=O) groups is 1. The number of esters is 1. The largest absolute Gasteiger partial charge is 0.468 e. The maximum Gasteiger partial charge on any atom is 0.326 e. The van der Waals surface area contributed by atoms with Crippen LogP contribution in [0.25, 0.3) is 0 Å². The van der Waals surface area contributed by atoms with Gasteiger partial charge in [-0.3, -0.25) is 10.1 Å². The molecule has 0 aromatic heterocycles. The first kappa shape index (κ1) is 15.8. The normalized spacial score (nSPS) is 33.6. The SMILES string of the molecule is COC(=O)C1(NCC2CCCO2)CCCC(C)(C)CC1. The molecule has 1 aliphatic heterocycles. The average molecular weight is 283 g/mol. The predicted octanol–water partition coefficient (Wildman–Crippen LogP) is 2.66. The molecular formula is C16H29NO3.